The zero-order valence-corrected chi connectivity index (χ0v) is 18.6. The van der Waals surface area contributed by atoms with Crippen molar-refractivity contribution in [2.45, 2.75) is 6.92 Å². The van der Waals surface area contributed by atoms with Crippen LogP contribution in [0.2, 0.25) is 0 Å². The molecule has 0 radical (unpaired) electrons. The molecule has 1 aromatic heterocycles. The summed E-state index contributed by atoms with van der Waals surface area (Å²) in [6.07, 6.45) is -1.23. The van der Waals surface area contributed by atoms with Crippen molar-refractivity contribution in [3.63, 3.8) is 0 Å². The van der Waals surface area contributed by atoms with Gasteiger partial charge in [-0.25, -0.2) is 4.79 Å². The molecule has 2 heterocycles. The van der Waals surface area contributed by atoms with E-state index in [0.29, 0.717) is 27.6 Å². The zero-order valence-electron chi connectivity index (χ0n) is 17.8. The van der Waals surface area contributed by atoms with E-state index in [0.717, 1.165) is 11.3 Å². The third kappa shape index (κ3) is 4.09. The van der Waals surface area contributed by atoms with Crippen LogP contribution in [0.4, 0.5) is 10.5 Å². The number of methoxy groups -OCH3 is 1. The molecule has 0 aliphatic carbocycles. The van der Waals surface area contributed by atoms with E-state index in [1.807, 2.05) is 18.2 Å². The van der Waals surface area contributed by atoms with Crippen molar-refractivity contribution >= 4 is 40.8 Å². The van der Waals surface area contributed by atoms with Crippen molar-refractivity contribution in [3.8, 4) is 11.5 Å². The molecule has 2 aromatic carbocycles. The van der Waals surface area contributed by atoms with Gasteiger partial charge in [0.1, 0.15) is 27.8 Å². The maximum atomic E-state index is 13.0. The number of carbonyl (C=O) groups excluding carboxylic acids is 2. The molecule has 1 aliphatic rings. The van der Waals surface area contributed by atoms with Gasteiger partial charge >= 0.3 is 12.1 Å². The topological polar surface area (TPSA) is 114 Å². The van der Waals surface area contributed by atoms with Crippen molar-refractivity contribution in [1.29, 1.82) is 0 Å². The zero-order chi connectivity index (χ0) is 23.6. The first-order chi connectivity index (χ1) is 15.9. The molecule has 0 spiro atoms. The van der Waals surface area contributed by atoms with Gasteiger partial charge in [0, 0.05) is 11.6 Å². The second-order valence-electron chi connectivity index (χ2n) is 7.03. The minimum atomic E-state index is -1.23. The fourth-order valence-corrected chi connectivity index (χ4v) is 4.47. The molecule has 2 amide bonds. The molecule has 9 nitrogen and oxygen atoms in total. The molecular formula is C23H20N3O6S+. The van der Waals surface area contributed by atoms with Gasteiger partial charge in [-0.2, -0.15) is 4.79 Å². The predicted molar refractivity (Wildman–Crippen MR) is 123 cm³/mol. The molecular weight excluding hydrogens is 446 g/mol. The first kappa shape index (κ1) is 22.2. The van der Waals surface area contributed by atoms with Crippen LogP contribution in [0.15, 0.2) is 65.8 Å². The second kappa shape index (κ2) is 8.85. The Morgan fingerprint density at radius 2 is 1.79 bits per heavy atom. The molecule has 2 N–H and O–H groups in total. The van der Waals surface area contributed by atoms with Crippen molar-refractivity contribution in [2.24, 2.45) is 5.10 Å². The van der Waals surface area contributed by atoms with E-state index in [1.165, 1.54) is 13.2 Å². The molecule has 10 heteroatoms. The summed E-state index contributed by atoms with van der Waals surface area (Å²) in [5.41, 5.74) is 0.598. The lowest BCUT2D eigenvalue weighted by Crippen LogP contribution is -2.47. The Bertz CT molecular complexity index is 1270. The fraction of sp³-hybridized carbons (Fsp3) is 0.130. The first-order valence-corrected chi connectivity index (χ1v) is 10.8. The molecule has 33 heavy (non-hydrogen) atoms. The van der Waals surface area contributed by atoms with Crippen LogP contribution in [0.25, 0.3) is 0 Å². The molecule has 1 unspecified atom stereocenters. The number of nitrogens with one attached hydrogen (secondary N) is 1. The summed E-state index contributed by atoms with van der Waals surface area (Å²) in [5, 5.41) is 16.9. The lowest BCUT2D eigenvalue weighted by atomic mass is 10.2. The number of para-hydroxylation sites is 1. The molecule has 0 saturated carbocycles. The van der Waals surface area contributed by atoms with E-state index < -0.39 is 22.6 Å². The summed E-state index contributed by atoms with van der Waals surface area (Å²) in [7, 11) is 1.24. The molecule has 1 atom stereocenters. The third-order valence-corrected chi connectivity index (χ3v) is 6.18. The highest BCUT2D eigenvalue weighted by Gasteiger charge is 2.50. The molecule has 0 fully saturated rings. The van der Waals surface area contributed by atoms with Crippen LogP contribution < -0.4 is 14.6 Å². The summed E-state index contributed by atoms with van der Waals surface area (Å²) in [4.78, 5) is 37.7. The van der Waals surface area contributed by atoms with Crippen molar-refractivity contribution in [2.75, 3.05) is 13.7 Å². The van der Waals surface area contributed by atoms with Crippen LogP contribution in [0.5, 0.6) is 11.5 Å². The molecule has 168 valence electrons. The van der Waals surface area contributed by atoms with E-state index >= 15 is 0 Å². The highest BCUT2D eigenvalue weighted by Crippen LogP contribution is 2.41. The number of amidine groups is 1. The first-order valence-electron chi connectivity index (χ1n) is 9.97. The van der Waals surface area contributed by atoms with Crippen LogP contribution >= 0.6 is 11.3 Å². The Hall–Kier alpha value is -4.02. The standard InChI is InChI=1S/C23H19N3O6S/c1-3-26(23(29)30)17-13-18(22(28)31-2)33-19(17)20(25-26)24-21(27)14-8-7-11-16(12-14)32-15-9-5-4-6-10-15/h4-13H,3H2,1-2H3,(H-,24,25,27,29,30)/p+1. The minimum absolute atomic E-state index is 0.0776. The number of hydrogen-bond acceptors (Lipinski definition) is 7. The van der Waals surface area contributed by atoms with Crippen molar-refractivity contribution in [1.82, 2.24) is 9.91 Å². The Balaban J connectivity index is 1.64. The fourth-order valence-electron chi connectivity index (χ4n) is 3.41. The van der Waals surface area contributed by atoms with Gasteiger partial charge in [-0.1, -0.05) is 28.9 Å². The Morgan fingerprint density at radius 3 is 2.45 bits per heavy atom. The maximum Gasteiger partial charge on any atom is 0.546 e. The highest BCUT2D eigenvalue weighted by molar-refractivity contribution is 7.16. The van der Waals surface area contributed by atoms with Crippen LogP contribution in [0.1, 0.15) is 31.8 Å². The number of amides is 2. The monoisotopic (exact) mass is 466 g/mol. The average molecular weight is 466 g/mol. The molecule has 0 saturated heterocycles. The Kier molecular flexibility index (Phi) is 5.95. The number of carboxylic acid groups (broad SMARTS) is 1. The van der Waals surface area contributed by atoms with Gasteiger partial charge in [0.25, 0.3) is 5.91 Å². The summed E-state index contributed by atoms with van der Waals surface area (Å²) < 4.78 is 9.76. The number of esters is 1. The quantitative estimate of drug-likeness (QED) is 0.425. The molecule has 3 aromatic rings. The maximum absolute atomic E-state index is 13.0. The van der Waals surface area contributed by atoms with Crippen LogP contribution in [0.3, 0.4) is 0 Å². The van der Waals surface area contributed by atoms with Gasteiger partial charge in [0.05, 0.1) is 7.11 Å². The lowest BCUT2D eigenvalue weighted by molar-refractivity contribution is 0.0605. The van der Waals surface area contributed by atoms with Gasteiger partial charge in [0.15, 0.2) is 5.69 Å². The third-order valence-electron chi connectivity index (χ3n) is 5.06. The number of thiophene rings is 1. The normalized spacial score (nSPS) is 16.5. The molecule has 0 bridgehead atoms. The molecule has 1 aliphatic heterocycles. The van der Waals surface area contributed by atoms with E-state index in [9.17, 15) is 19.5 Å². The van der Waals surface area contributed by atoms with Gasteiger partial charge in [0.2, 0.25) is 5.84 Å². The van der Waals surface area contributed by atoms with E-state index in [2.05, 4.69) is 10.4 Å². The van der Waals surface area contributed by atoms with Gasteiger partial charge < -0.3 is 19.9 Å². The summed E-state index contributed by atoms with van der Waals surface area (Å²) >= 11 is 1.02. The summed E-state index contributed by atoms with van der Waals surface area (Å²) in [6.45, 7) is 1.74. The van der Waals surface area contributed by atoms with E-state index in [1.54, 1.807) is 43.3 Å². The SMILES string of the molecule is CC[N+]1(C(=O)O)N=C(NC(=O)c2cccc(Oc3ccccc3)c2)c2sc(C(=O)OC)cc21. The number of carbonyl (C=O) groups is 3. The second-order valence-corrected chi connectivity index (χ2v) is 8.08. The summed E-state index contributed by atoms with van der Waals surface area (Å²) in [5.74, 6) is 0.0865. The number of benzene rings is 2. The van der Waals surface area contributed by atoms with Crippen LogP contribution in [-0.2, 0) is 4.74 Å². The smallest absolute Gasteiger partial charge is 0.465 e. The highest BCUT2D eigenvalue weighted by atomic mass is 32.1. The number of fused-ring (bicyclic) bond motifs is 1. The Labute approximate surface area is 193 Å². The number of hydrogen-bond donors (Lipinski definition) is 2. The van der Waals surface area contributed by atoms with Crippen LogP contribution in [0, 0.1) is 0 Å². The number of quaternary nitrogens is 1. The number of rotatable bonds is 5. The summed E-state index contributed by atoms with van der Waals surface area (Å²) in [6, 6.07) is 17.2. The average Bonchev–Trinajstić information content (AvgIpc) is 3.39. The van der Waals surface area contributed by atoms with Crippen molar-refractivity contribution < 1.29 is 29.0 Å². The van der Waals surface area contributed by atoms with Gasteiger partial charge in [-0.05, 0) is 42.4 Å². The number of ether oxygens (including phenoxy) is 2. The van der Waals surface area contributed by atoms with E-state index in [4.69, 9.17) is 9.47 Å². The lowest BCUT2D eigenvalue weighted by Gasteiger charge is -2.19. The minimum Gasteiger partial charge on any atom is -0.465 e. The number of nitrogens with zero attached hydrogens (tertiary/aromatic N) is 2. The van der Waals surface area contributed by atoms with E-state index in [-0.39, 0.29) is 17.3 Å². The van der Waals surface area contributed by atoms with Gasteiger partial charge in [-0.3, -0.25) is 4.79 Å². The Morgan fingerprint density at radius 1 is 1.06 bits per heavy atom. The molecule has 4 rings (SSSR count). The van der Waals surface area contributed by atoms with Crippen molar-refractivity contribution in [3.05, 3.63) is 76.0 Å². The van der Waals surface area contributed by atoms with Crippen LogP contribution in [-0.4, -0.2) is 42.6 Å². The predicted octanol–water partition coefficient (Wildman–Crippen LogP) is 4.44. The van der Waals surface area contributed by atoms with Gasteiger partial charge in [-0.15, -0.1) is 11.3 Å². The largest absolute Gasteiger partial charge is 0.546 e.